The van der Waals surface area contributed by atoms with E-state index in [4.69, 9.17) is 5.73 Å². The normalized spacial score (nSPS) is 11.8. The van der Waals surface area contributed by atoms with Gasteiger partial charge in [-0.2, -0.15) is 0 Å². The van der Waals surface area contributed by atoms with Gasteiger partial charge in [0, 0.05) is 6.42 Å². The highest BCUT2D eigenvalue weighted by Crippen LogP contribution is 2.02. The Labute approximate surface area is 100 Å². The number of carbonyl (C=O) groups is 2. The van der Waals surface area contributed by atoms with E-state index < -0.39 is 11.9 Å². The zero-order chi connectivity index (χ0) is 12.7. The average Bonchev–Trinajstić information content (AvgIpc) is 2.29. The molecule has 0 saturated heterocycles. The van der Waals surface area contributed by atoms with Crippen molar-refractivity contribution in [1.29, 1.82) is 0 Å². The monoisotopic (exact) mass is 235 g/mol. The van der Waals surface area contributed by atoms with Crippen LogP contribution in [0, 0.1) is 0 Å². The summed E-state index contributed by atoms with van der Waals surface area (Å²) < 4.78 is 0. The first kappa shape index (κ1) is 13.2. The Morgan fingerprint density at radius 1 is 1.29 bits per heavy atom. The van der Waals surface area contributed by atoms with Crippen LogP contribution in [0.5, 0.6) is 0 Å². The standard InChI is InChI=1S/C12H17N3O2/c1-14-8-11(16)15-10(12(13)17)7-9-5-3-2-4-6-9/h2-6,10,14H,7-8H2,1H3,(H2,13,17)(H,15,16). The van der Waals surface area contributed by atoms with E-state index in [2.05, 4.69) is 10.6 Å². The van der Waals surface area contributed by atoms with E-state index >= 15 is 0 Å². The molecule has 1 aromatic carbocycles. The SMILES string of the molecule is CNCC(=O)NC(Cc1ccccc1)C(N)=O. The fourth-order valence-corrected chi connectivity index (χ4v) is 1.48. The van der Waals surface area contributed by atoms with Crippen LogP contribution >= 0.6 is 0 Å². The van der Waals surface area contributed by atoms with Crippen molar-refractivity contribution in [2.75, 3.05) is 13.6 Å². The number of primary amides is 1. The second-order valence-corrected chi connectivity index (χ2v) is 3.74. The molecule has 0 saturated carbocycles. The molecule has 92 valence electrons. The van der Waals surface area contributed by atoms with Gasteiger partial charge in [0.1, 0.15) is 6.04 Å². The summed E-state index contributed by atoms with van der Waals surface area (Å²) in [5.41, 5.74) is 6.21. The van der Waals surface area contributed by atoms with Gasteiger partial charge in [0.05, 0.1) is 6.54 Å². The molecule has 0 aliphatic rings. The predicted octanol–water partition coefficient (Wildman–Crippen LogP) is -0.581. The van der Waals surface area contributed by atoms with Gasteiger partial charge >= 0.3 is 0 Å². The smallest absolute Gasteiger partial charge is 0.240 e. The van der Waals surface area contributed by atoms with E-state index in [0.717, 1.165) is 5.56 Å². The van der Waals surface area contributed by atoms with E-state index in [1.165, 1.54) is 0 Å². The first-order valence-corrected chi connectivity index (χ1v) is 5.40. The van der Waals surface area contributed by atoms with Crippen LogP contribution in [0.25, 0.3) is 0 Å². The molecule has 0 radical (unpaired) electrons. The van der Waals surface area contributed by atoms with Crippen LogP contribution in [-0.2, 0) is 16.0 Å². The Morgan fingerprint density at radius 3 is 2.47 bits per heavy atom. The maximum absolute atomic E-state index is 11.4. The number of nitrogens with one attached hydrogen (secondary N) is 2. The minimum Gasteiger partial charge on any atom is -0.368 e. The topological polar surface area (TPSA) is 84.2 Å². The third-order valence-electron chi connectivity index (χ3n) is 2.30. The second-order valence-electron chi connectivity index (χ2n) is 3.74. The van der Waals surface area contributed by atoms with Crippen LogP contribution in [0.4, 0.5) is 0 Å². The summed E-state index contributed by atoms with van der Waals surface area (Å²) in [4.78, 5) is 22.6. The molecule has 5 heteroatoms. The van der Waals surface area contributed by atoms with Gasteiger partial charge in [-0.3, -0.25) is 9.59 Å². The van der Waals surface area contributed by atoms with E-state index in [1.54, 1.807) is 7.05 Å². The summed E-state index contributed by atoms with van der Waals surface area (Å²) in [7, 11) is 1.66. The van der Waals surface area contributed by atoms with Crippen molar-refractivity contribution >= 4 is 11.8 Å². The van der Waals surface area contributed by atoms with Gasteiger partial charge in [0.15, 0.2) is 0 Å². The third-order valence-corrected chi connectivity index (χ3v) is 2.30. The Bertz CT molecular complexity index is 379. The molecule has 0 aromatic heterocycles. The van der Waals surface area contributed by atoms with Gasteiger partial charge in [-0.25, -0.2) is 0 Å². The molecule has 0 bridgehead atoms. The highest BCUT2D eigenvalue weighted by atomic mass is 16.2. The largest absolute Gasteiger partial charge is 0.368 e. The zero-order valence-corrected chi connectivity index (χ0v) is 9.77. The third kappa shape index (κ3) is 4.65. The van der Waals surface area contributed by atoms with Crippen molar-refractivity contribution in [1.82, 2.24) is 10.6 Å². The maximum Gasteiger partial charge on any atom is 0.240 e. The lowest BCUT2D eigenvalue weighted by Crippen LogP contribution is -2.48. The van der Waals surface area contributed by atoms with E-state index in [9.17, 15) is 9.59 Å². The molecule has 1 unspecified atom stereocenters. The molecule has 5 nitrogen and oxygen atoms in total. The van der Waals surface area contributed by atoms with Crippen molar-refractivity contribution in [2.24, 2.45) is 5.73 Å². The Balaban J connectivity index is 2.61. The molecular weight excluding hydrogens is 218 g/mol. The number of likely N-dealkylation sites (N-methyl/N-ethyl adjacent to an activating group) is 1. The van der Waals surface area contributed by atoms with Gasteiger partial charge in [0.2, 0.25) is 11.8 Å². The summed E-state index contributed by atoms with van der Waals surface area (Å²) in [6.45, 7) is 0.165. The van der Waals surface area contributed by atoms with Crippen molar-refractivity contribution in [2.45, 2.75) is 12.5 Å². The molecular formula is C12H17N3O2. The number of benzene rings is 1. The lowest BCUT2D eigenvalue weighted by molar-refractivity contribution is -0.126. The molecule has 1 atom stereocenters. The first-order valence-electron chi connectivity index (χ1n) is 5.40. The molecule has 0 heterocycles. The highest BCUT2D eigenvalue weighted by molar-refractivity contribution is 5.87. The van der Waals surface area contributed by atoms with Gasteiger partial charge < -0.3 is 16.4 Å². The minimum absolute atomic E-state index is 0.165. The van der Waals surface area contributed by atoms with Crippen molar-refractivity contribution in [3.05, 3.63) is 35.9 Å². The van der Waals surface area contributed by atoms with E-state index in [1.807, 2.05) is 30.3 Å². The summed E-state index contributed by atoms with van der Waals surface area (Å²) in [5.74, 6) is -0.773. The molecule has 0 aliphatic carbocycles. The van der Waals surface area contributed by atoms with Crippen LogP contribution < -0.4 is 16.4 Å². The molecule has 0 aliphatic heterocycles. The van der Waals surface area contributed by atoms with Crippen LogP contribution in [0.2, 0.25) is 0 Å². The average molecular weight is 235 g/mol. The predicted molar refractivity (Wildman–Crippen MR) is 65.2 cm³/mol. The Morgan fingerprint density at radius 2 is 1.94 bits per heavy atom. The minimum atomic E-state index is -0.668. The van der Waals surface area contributed by atoms with Crippen molar-refractivity contribution < 1.29 is 9.59 Å². The first-order chi connectivity index (χ1) is 8.13. The van der Waals surface area contributed by atoms with Gasteiger partial charge in [-0.05, 0) is 12.6 Å². The molecule has 0 spiro atoms. The lowest BCUT2D eigenvalue weighted by atomic mass is 10.1. The molecule has 0 fully saturated rings. The maximum atomic E-state index is 11.4. The lowest BCUT2D eigenvalue weighted by Gasteiger charge is -2.15. The number of rotatable bonds is 6. The number of hydrogen-bond acceptors (Lipinski definition) is 3. The molecule has 4 N–H and O–H groups in total. The number of amides is 2. The summed E-state index contributed by atoms with van der Waals surface area (Å²) >= 11 is 0. The van der Waals surface area contributed by atoms with Gasteiger partial charge in [0.25, 0.3) is 0 Å². The molecule has 1 rings (SSSR count). The van der Waals surface area contributed by atoms with Crippen LogP contribution in [-0.4, -0.2) is 31.4 Å². The number of hydrogen-bond donors (Lipinski definition) is 3. The van der Waals surface area contributed by atoms with E-state index in [-0.39, 0.29) is 12.5 Å². The van der Waals surface area contributed by atoms with Gasteiger partial charge in [-0.1, -0.05) is 30.3 Å². The van der Waals surface area contributed by atoms with Crippen LogP contribution in [0.15, 0.2) is 30.3 Å². The fourth-order valence-electron chi connectivity index (χ4n) is 1.48. The summed E-state index contributed by atoms with van der Waals surface area (Å²) in [5, 5.41) is 5.30. The van der Waals surface area contributed by atoms with E-state index in [0.29, 0.717) is 6.42 Å². The molecule has 17 heavy (non-hydrogen) atoms. The quantitative estimate of drug-likeness (QED) is 0.616. The summed E-state index contributed by atoms with van der Waals surface area (Å²) in [6, 6.07) is 8.76. The number of nitrogens with two attached hydrogens (primary N) is 1. The number of carbonyl (C=O) groups excluding carboxylic acids is 2. The molecule has 1 aromatic rings. The second kappa shape index (κ2) is 6.65. The fraction of sp³-hybridized carbons (Fsp3) is 0.333. The van der Waals surface area contributed by atoms with Crippen LogP contribution in [0.1, 0.15) is 5.56 Å². The Hall–Kier alpha value is -1.88. The van der Waals surface area contributed by atoms with Crippen molar-refractivity contribution in [3.63, 3.8) is 0 Å². The zero-order valence-electron chi connectivity index (χ0n) is 9.77. The Kier molecular flexibility index (Phi) is 5.16. The summed E-state index contributed by atoms with van der Waals surface area (Å²) in [6.07, 6.45) is 0.408. The highest BCUT2D eigenvalue weighted by Gasteiger charge is 2.17. The van der Waals surface area contributed by atoms with Crippen LogP contribution in [0.3, 0.4) is 0 Å². The van der Waals surface area contributed by atoms with Crippen molar-refractivity contribution in [3.8, 4) is 0 Å². The van der Waals surface area contributed by atoms with Gasteiger partial charge in [-0.15, -0.1) is 0 Å². The molecule has 2 amide bonds.